The predicted octanol–water partition coefficient (Wildman–Crippen LogP) is 1.42. The van der Waals surface area contributed by atoms with Crippen LogP contribution in [0.15, 0.2) is 53.6 Å². The molecular formula is C26H27FN8O6. The lowest BCUT2D eigenvalue weighted by Gasteiger charge is -2.22. The molecule has 0 spiro atoms. The van der Waals surface area contributed by atoms with Gasteiger partial charge in [0, 0.05) is 36.0 Å². The van der Waals surface area contributed by atoms with Crippen molar-refractivity contribution >= 4 is 17.5 Å². The van der Waals surface area contributed by atoms with Crippen LogP contribution in [0.1, 0.15) is 35.5 Å². The van der Waals surface area contributed by atoms with E-state index in [-0.39, 0.29) is 71.3 Å². The molecule has 41 heavy (non-hydrogen) atoms. The molecule has 0 aliphatic carbocycles. The van der Waals surface area contributed by atoms with Gasteiger partial charge in [0.15, 0.2) is 11.6 Å². The number of nitrogens with zero attached hydrogens (tertiary/aromatic N) is 4. The number of carbonyl (C=O) groups excluding carboxylic acids is 1. The van der Waals surface area contributed by atoms with E-state index in [1.54, 1.807) is 6.07 Å². The number of aromatic amines is 1. The van der Waals surface area contributed by atoms with Gasteiger partial charge in [-0.3, -0.25) is 15.2 Å². The van der Waals surface area contributed by atoms with Crippen LogP contribution in [0, 0.1) is 11.2 Å². The highest BCUT2D eigenvalue weighted by molar-refractivity contribution is 5.96. The van der Waals surface area contributed by atoms with E-state index in [1.165, 1.54) is 56.8 Å². The zero-order chi connectivity index (χ0) is 29.5. The zero-order valence-corrected chi connectivity index (χ0v) is 22.1. The third kappa shape index (κ3) is 6.71. The highest BCUT2D eigenvalue weighted by Crippen LogP contribution is 2.35. The maximum atomic E-state index is 16.0. The van der Waals surface area contributed by atoms with Crippen molar-refractivity contribution in [1.82, 2.24) is 24.7 Å². The van der Waals surface area contributed by atoms with E-state index in [0.29, 0.717) is 0 Å². The molecule has 0 saturated heterocycles. The topological polar surface area (TPSA) is 203 Å². The molecule has 0 radical (unpaired) electrons. The van der Waals surface area contributed by atoms with Crippen molar-refractivity contribution in [3.8, 4) is 17.4 Å². The second-order valence-electron chi connectivity index (χ2n) is 8.54. The van der Waals surface area contributed by atoms with Gasteiger partial charge >= 0.3 is 11.7 Å². The molecule has 0 aliphatic heterocycles. The molecule has 14 nitrogen and oxygen atoms in total. The molecule has 0 aliphatic rings. The van der Waals surface area contributed by atoms with Crippen molar-refractivity contribution in [1.29, 1.82) is 5.41 Å². The Balaban J connectivity index is 1.89. The first kappa shape index (κ1) is 28.8. The lowest BCUT2D eigenvalue weighted by atomic mass is 10.0. The molecule has 2 aromatic carbocycles. The van der Waals surface area contributed by atoms with Crippen molar-refractivity contribution in [2.75, 3.05) is 25.6 Å². The van der Waals surface area contributed by atoms with Crippen LogP contribution in [0.25, 0.3) is 5.95 Å². The average Bonchev–Trinajstić information content (AvgIpc) is 3.34. The second kappa shape index (κ2) is 12.8. The predicted molar refractivity (Wildman–Crippen MR) is 144 cm³/mol. The van der Waals surface area contributed by atoms with Crippen molar-refractivity contribution < 1.29 is 28.5 Å². The number of ether oxygens (including phenoxy) is 3. The minimum atomic E-state index is -1.20. The van der Waals surface area contributed by atoms with Crippen LogP contribution in [0.4, 0.5) is 10.1 Å². The van der Waals surface area contributed by atoms with Crippen molar-refractivity contribution in [2.45, 2.75) is 19.6 Å². The SMILES string of the molecule is COc1cc(COCCO)c(F)c(C(Nc2ccc(C(=N)N)cc2OC(C)=O)c2nn(-c3ncccn3)c(=O)[nH]2)c1. The zero-order valence-electron chi connectivity index (χ0n) is 22.1. The first-order valence-electron chi connectivity index (χ1n) is 12.2. The minimum Gasteiger partial charge on any atom is -0.497 e. The van der Waals surface area contributed by atoms with Crippen molar-refractivity contribution in [3.63, 3.8) is 0 Å². The Labute approximate surface area is 232 Å². The molecule has 0 fully saturated rings. The Morgan fingerprint density at radius 1 is 1.27 bits per heavy atom. The summed E-state index contributed by atoms with van der Waals surface area (Å²) in [7, 11) is 1.40. The van der Waals surface area contributed by atoms with Gasteiger partial charge < -0.3 is 30.4 Å². The Morgan fingerprint density at radius 2 is 2.02 bits per heavy atom. The summed E-state index contributed by atoms with van der Waals surface area (Å²) in [5.41, 5.74) is 5.49. The lowest BCUT2D eigenvalue weighted by Crippen LogP contribution is -2.19. The standard InChI is InChI=1S/C26H27FN8O6/c1-14(37)41-20-11-15(23(28)29)4-5-19(20)32-22(24-33-26(38)35(34-24)25-30-6-3-7-31-25)18-12-17(39-2)10-16(21(18)27)13-40-9-8-36/h3-7,10-12,22,32,36H,8-9,13H2,1-2H3,(H3,28,29)(H,33,34,38). The first-order chi connectivity index (χ1) is 19.7. The number of methoxy groups -OCH3 is 1. The number of nitrogens with two attached hydrogens (primary N) is 1. The number of hydrogen-bond acceptors (Lipinski definition) is 11. The van der Waals surface area contributed by atoms with Crippen LogP contribution >= 0.6 is 0 Å². The number of carbonyl (C=O) groups is 1. The normalized spacial score (nSPS) is 11.6. The van der Waals surface area contributed by atoms with Gasteiger partial charge in [0.05, 0.1) is 32.6 Å². The average molecular weight is 567 g/mol. The summed E-state index contributed by atoms with van der Waals surface area (Å²) in [6.07, 6.45) is 2.86. The fourth-order valence-corrected chi connectivity index (χ4v) is 3.86. The molecule has 0 amide bonds. The van der Waals surface area contributed by atoms with E-state index in [9.17, 15) is 9.59 Å². The van der Waals surface area contributed by atoms with E-state index in [0.717, 1.165) is 4.68 Å². The van der Waals surface area contributed by atoms with E-state index < -0.39 is 23.5 Å². The molecule has 4 aromatic rings. The molecule has 4 rings (SSSR count). The largest absolute Gasteiger partial charge is 0.497 e. The molecule has 6 N–H and O–H groups in total. The quantitative estimate of drug-likeness (QED) is 0.0545. The summed E-state index contributed by atoms with van der Waals surface area (Å²) >= 11 is 0. The number of aliphatic hydroxyl groups excluding tert-OH is 1. The lowest BCUT2D eigenvalue weighted by molar-refractivity contribution is -0.131. The maximum Gasteiger partial charge on any atom is 0.350 e. The first-order valence-corrected chi connectivity index (χ1v) is 12.2. The summed E-state index contributed by atoms with van der Waals surface area (Å²) < 4.78 is 33.0. The molecule has 1 unspecified atom stereocenters. The van der Waals surface area contributed by atoms with Crippen LogP contribution in [-0.2, 0) is 16.1 Å². The number of hydrogen-bond donors (Lipinski definition) is 5. The number of anilines is 1. The number of nitrogens with one attached hydrogen (secondary N) is 3. The molecule has 2 heterocycles. The molecular weight excluding hydrogens is 539 g/mol. The fraction of sp³-hybridized carbons (Fsp3) is 0.231. The van der Waals surface area contributed by atoms with Crippen LogP contribution < -0.4 is 26.2 Å². The molecule has 0 bridgehead atoms. The Kier molecular flexibility index (Phi) is 9.01. The monoisotopic (exact) mass is 566 g/mol. The molecule has 2 aromatic heterocycles. The molecule has 0 saturated carbocycles. The van der Waals surface area contributed by atoms with E-state index in [1.807, 2.05) is 0 Å². The number of H-pyrrole nitrogens is 1. The van der Waals surface area contributed by atoms with Crippen LogP contribution in [-0.4, -0.2) is 62.0 Å². The van der Waals surface area contributed by atoms with Gasteiger partial charge in [0.1, 0.15) is 23.4 Å². The van der Waals surface area contributed by atoms with Gasteiger partial charge in [-0.05, 0) is 36.4 Å². The molecule has 214 valence electrons. The van der Waals surface area contributed by atoms with Gasteiger partial charge in [-0.25, -0.2) is 19.2 Å². The third-order valence-corrected chi connectivity index (χ3v) is 5.69. The van der Waals surface area contributed by atoms with Gasteiger partial charge in [-0.15, -0.1) is 9.78 Å². The number of aromatic nitrogens is 5. The van der Waals surface area contributed by atoms with Crippen LogP contribution in [0.3, 0.4) is 0 Å². The van der Waals surface area contributed by atoms with E-state index in [4.69, 9.17) is 30.5 Å². The number of benzene rings is 2. The summed E-state index contributed by atoms with van der Waals surface area (Å²) in [5.74, 6) is -1.41. The number of amidine groups is 1. The number of aliphatic hydroxyl groups is 1. The number of halogens is 1. The number of nitrogen functional groups attached to an aromatic ring is 1. The summed E-state index contributed by atoms with van der Waals surface area (Å²) in [4.78, 5) is 35.4. The maximum absolute atomic E-state index is 16.0. The van der Waals surface area contributed by atoms with Gasteiger partial charge in [-0.2, -0.15) is 0 Å². The second-order valence-corrected chi connectivity index (χ2v) is 8.54. The van der Waals surface area contributed by atoms with Crippen LogP contribution in [0.5, 0.6) is 11.5 Å². The Morgan fingerprint density at radius 3 is 2.68 bits per heavy atom. The van der Waals surface area contributed by atoms with E-state index >= 15 is 4.39 Å². The highest BCUT2D eigenvalue weighted by Gasteiger charge is 2.27. The summed E-state index contributed by atoms with van der Waals surface area (Å²) in [6, 6.07) is 7.59. The molecule has 15 heteroatoms. The number of esters is 1. The highest BCUT2D eigenvalue weighted by atomic mass is 19.1. The van der Waals surface area contributed by atoms with E-state index in [2.05, 4.69) is 25.4 Å². The third-order valence-electron chi connectivity index (χ3n) is 5.69. The van der Waals surface area contributed by atoms with Crippen molar-refractivity contribution in [2.24, 2.45) is 5.73 Å². The minimum absolute atomic E-state index is 0.00169. The Bertz CT molecular complexity index is 1610. The fourth-order valence-electron chi connectivity index (χ4n) is 3.86. The van der Waals surface area contributed by atoms with Gasteiger partial charge in [0.2, 0.25) is 0 Å². The number of rotatable bonds is 12. The summed E-state index contributed by atoms with van der Waals surface area (Å²) in [5, 5.41) is 24.2. The van der Waals surface area contributed by atoms with Gasteiger partial charge in [0.25, 0.3) is 5.95 Å². The van der Waals surface area contributed by atoms with Crippen LogP contribution in [0.2, 0.25) is 0 Å². The van der Waals surface area contributed by atoms with Crippen molar-refractivity contribution in [3.05, 3.63) is 87.6 Å². The summed E-state index contributed by atoms with van der Waals surface area (Å²) in [6.45, 7) is 0.744. The molecule has 1 atom stereocenters. The van der Waals surface area contributed by atoms with Gasteiger partial charge in [-0.1, -0.05) is 0 Å². The smallest absolute Gasteiger partial charge is 0.350 e. The Hall–Kier alpha value is -5.15.